The van der Waals surface area contributed by atoms with Crippen LogP contribution in [0.5, 0.6) is 0 Å². The fraction of sp³-hybridized carbons (Fsp3) is 0.667. The number of amides is 2. The van der Waals surface area contributed by atoms with E-state index in [0.717, 1.165) is 0 Å². The smallest absolute Gasteiger partial charge is 0.322 e. The van der Waals surface area contributed by atoms with Gasteiger partial charge >= 0.3 is 5.97 Å². The monoisotopic (exact) mass is 245 g/mol. The van der Waals surface area contributed by atoms with Gasteiger partial charge in [-0.15, -0.1) is 0 Å². The lowest BCUT2D eigenvalue weighted by molar-refractivity contribution is -0.137. The molecule has 0 saturated carbocycles. The van der Waals surface area contributed by atoms with E-state index in [4.69, 9.17) is 5.11 Å². The SMILES string of the molecule is O=C(O)CNC(=O)CNC(=O)C1CC(O)CN1. The van der Waals surface area contributed by atoms with Gasteiger partial charge < -0.3 is 26.2 Å². The molecule has 0 spiro atoms. The van der Waals surface area contributed by atoms with Crippen LogP contribution in [0.4, 0.5) is 0 Å². The summed E-state index contributed by atoms with van der Waals surface area (Å²) in [6.45, 7) is -0.404. The Morgan fingerprint density at radius 1 is 1.24 bits per heavy atom. The molecule has 0 aromatic rings. The molecule has 17 heavy (non-hydrogen) atoms. The summed E-state index contributed by atoms with van der Waals surface area (Å²) in [6.07, 6.45) is -0.241. The summed E-state index contributed by atoms with van der Waals surface area (Å²) < 4.78 is 0. The van der Waals surface area contributed by atoms with Gasteiger partial charge in [-0.3, -0.25) is 14.4 Å². The van der Waals surface area contributed by atoms with Crippen LogP contribution in [0.1, 0.15) is 6.42 Å². The fourth-order valence-corrected chi connectivity index (χ4v) is 1.44. The molecule has 1 aliphatic rings. The van der Waals surface area contributed by atoms with E-state index in [-0.39, 0.29) is 12.5 Å². The first-order valence-corrected chi connectivity index (χ1v) is 5.16. The van der Waals surface area contributed by atoms with Crippen molar-refractivity contribution in [3.63, 3.8) is 0 Å². The maximum absolute atomic E-state index is 11.5. The summed E-state index contributed by atoms with van der Waals surface area (Å²) in [7, 11) is 0. The molecule has 8 heteroatoms. The number of hydrogen-bond donors (Lipinski definition) is 5. The number of aliphatic hydroxyl groups is 1. The van der Waals surface area contributed by atoms with Crippen LogP contribution in [-0.4, -0.2) is 59.8 Å². The van der Waals surface area contributed by atoms with Crippen LogP contribution in [0.15, 0.2) is 0 Å². The third-order valence-corrected chi connectivity index (χ3v) is 2.28. The number of carbonyl (C=O) groups is 3. The molecule has 5 N–H and O–H groups in total. The largest absolute Gasteiger partial charge is 0.480 e. The molecule has 0 bridgehead atoms. The average Bonchev–Trinajstić information content (AvgIpc) is 2.70. The highest BCUT2D eigenvalue weighted by atomic mass is 16.4. The summed E-state index contributed by atoms with van der Waals surface area (Å²) in [5.74, 6) is -2.10. The first kappa shape index (κ1) is 13.4. The number of β-amino-alcohol motifs (C(OH)–C–C–N with tert-alkyl or cyclic N) is 1. The molecule has 2 amide bonds. The van der Waals surface area contributed by atoms with Crippen molar-refractivity contribution in [2.75, 3.05) is 19.6 Å². The molecule has 0 aromatic heterocycles. The number of carboxylic acid groups (broad SMARTS) is 1. The summed E-state index contributed by atoms with van der Waals surface area (Å²) in [4.78, 5) is 32.7. The van der Waals surface area contributed by atoms with Crippen LogP contribution in [0, 0.1) is 0 Å². The minimum absolute atomic E-state index is 0.277. The zero-order valence-corrected chi connectivity index (χ0v) is 9.10. The highest BCUT2D eigenvalue weighted by Crippen LogP contribution is 2.05. The zero-order valence-electron chi connectivity index (χ0n) is 9.10. The number of nitrogens with one attached hydrogen (secondary N) is 3. The average molecular weight is 245 g/mol. The first-order chi connectivity index (χ1) is 7.99. The summed E-state index contributed by atoms with van der Waals surface area (Å²) in [5, 5.41) is 24.7. The topological polar surface area (TPSA) is 128 Å². The molecule has 1 heterocycles. The Bertz CT molecular complexity index is 320. The van der Waals surface area contributed by atoms with Gasteiger partial charge in [0.1, 0.15) is 6.54 Å². The standard InChI is InChI=1S/C9H15N3O5/c13-5-1-6(10-2-5)9(17)12-3-7(14)11-4-8(15)16/h5-6,10,13H,1-4H2,(H,11,14)(H,12,17)(H,15,16). The van der Waals surface area contributed by atoms with Crippen LogP contribution in [-0.2, 0) is 14.4 Å². The highest BCUT2D eigenvalue weighted by Gasteiger charge is 2.27. The van der Waals surface area contributed by atoms with Gasteiger partial charge in [0.05, 0.1) is 18.7 Å². The lowest BCUT2D eigenvalue weighted by Crippen LogP contribution is -2.45. The van der Waals surface area contributed by atoms with Crippen LogP contribution < -0.4 is 16.0 Å². The Hall–Kier alpha value is -1.67. The number of carboxylic acids is 1. The van der Waals surface area contributed by atoms with Gasteiger partial charge in [-0.25, -0.2) is 0 Å². The second kappa shape index (κ2) is 6.16. The molecular weight excluding hydrogens is 230 g/mol. The maximum atomic E-state index is 11.5. The molecule has 0 radical (unpaired) electrons. The van der Waals surface area contributed by atoms with E-state index < -0.39 is 30.6 Å². The van der Waals surface area contributed by atoms with E-state index in [0.29, 0.717) is 13.0 Å². The van der Waals surface area contributed by atoms with Crippen LogP contribution in [0.2, 0.25) is 0 Å². The lowest BCUT2D eigenvalue weighted by atomic mass is 10.2. The molecule has 8 nitrogen and oxygen atoms in total. The van der Waals surface area contributed by atoms with E-state index in [9.17, 15) is 19.5 Å². The Morgan fingerprint density at radius 2 is 1.94 bits per heavy atom. The van der Waals surface area contributed by atoms with Crippen molar-refractivity contribution >= 4 is 17.8 Å². The minimum Gasteiger partial charge on any atom is -0.480 e. The number of aliphatic hydroxyl groups excluding tert-OH is 1. The van der Waals surface area contributed by atoms with Gasteiger partial charge in [0.2, 0.25) is 11.8 Å². The van der Waals surface area contributed by atoms with Crippen LogP contribution in [0.25, 0.3) is 0 Å². The Labute approximate surface area is 97.4 Å². The molecule has 2 atom stereocenters. The van der Waals surface area contributed by atoms with Crippen LogP contribution >= 0.6 is 0 Å². The predicted molar refractivity (Wildman–Crippen MR) is 56.1 cm³/mol. The van der Waals surface area contributed by atoms with Gasteiger partial charge in [-0.05, 0) is 6.42 Å². The van der Waals surface area contributed by atoms with Gasteiger partial charge in [0, 0.05) is 6.54 Å². The van der Waals surface area contributed by atoms with Crippen molar-refractivity contribution in [2.24, 2.45) is 0 Å². The van der Waals surface area contributed by atoms with E-state index in [1.165, 1.54) is 0 Å². The second-order valence-electron chi connectivity index (χ2n) is 3.74. The molecule has 2 unspecified atom stereocenters. The van der Waals surface area contributed by atoms with E-state index >= 15 is 0 Å². The first-order valence-electron chi connectivity index (χ1n) is 5.16. The number of carbonyl (C=O) groups excluding carboxylic acids is 2. The zero-order chi connectivity index (χ0) is 12.8. The summed E-state index contributed by atoms with van der Waals surface area (Å²) in [6, 6.07) is -0.503. The molecule has 1 fully saturated rings. The summed E-state index contributed by atoms with van der Waals surface area (Å²) >= 11 is 0. The number of hydrogen-bond acceptors (Lipinski definition) is 5. The quantitative estimate of drug-likeness (QED) is 0.352. The van der Waals surface area contributed by atoms with Crippen molar-refractivity contribution in [2.45, 2.75) is 18.6 Å². The Kier molecular flexibility index (Phi) is 4.85. The summed E-state index contributed by atoms with van der Waals surface area (Å²) in [5.41, 5.74) is 0. The fourth-order valence-electron chi connectivity index (χ4n) is 1.44. The van der Waals surface area contributed by atoms with Crippen LogP contribution in [0.3, 0.4) is 0 Å². The van der Waals surface area contributed by atoms with E-state index in [2.05, 4.69) is 16.0 Å². The lowest BCUT2D eigenvalue weighted by Gasteiger charge is -2.10. The molecule has 1 rings (SSSR count). The molecule has 1 aliphatic heterocycles. The molecule has 1 saturated heterocycles. The Morgan fingerprint density at radius 3 is 2.47 bits per heavy atom. The number of aliphatic carboxylic acids is 1. The van der Waals surface area contributed by atoms with Gasteiger partial charge in [0.25, 0.3) is 0 Å². The molecular formula is C9H15N3O5. The molecule has 0 aliphatic carbocycles. The Balaban J connectivity index is 2.19. The normalized spacial score (nSPS) is 23.1. The van der Waals surface area contributed by atoms with Crippen molar-refractivity contribution in [1.82, 2.24) is 16.0 Å². The third kappa shape index (κ3) is 4.79. The second-order valence-corrected chi connectivity index (χ2v) is 3.74. The van der Waals surface area contributed by atoms with Gasteiger partial charge in [-0.1, -0.05) is 0 Å². The number of rotatable bonds is 5. The van der Waals surface area contributed by atoms with Crippen molar-refractivity contribution in [3.8, 4) is 0 Å². The predicted octanol–water partition coefficient (Wildman–Crippen LogP) is -2.97. The molecule has 96 valence electrons. The molecule has 0 aromatic carbocycles. The van der Waals surface area contributed by atoms with Gasteiger partial charge in [-0.2, -0.15) is 0 Å². The third-order valence-electron chi connectivity index (χ3n) is 2.28. The van der Waals surface area contributed by atoms with E-state index in [1.54, 1.807) is 0 Å². The highest BCUT2D eigenvalue weighted by molar-refractivity contribution is 5.88. The minimum atomic E-state index is -1.15. The van der Waals surface area contributed by atoms with Crippen molar-refractivity contribution < 1.29 is 24.6 Å². The van der Waals surface area contributed by atoms with Crippen molar-refractivity contribution in [3.05, 3.63) is 0 Å². The van der Waals surface area contributed by atoms with Crippen molar-refractivity contribution in [1.29, 1.82) is 0 Å². The van der Waals surface area contributed by atoms with E-state index in [1.807, 2.05) is 0 Å². The maximum Gasteiger partial charge on any atom is 0.322 e. The van der Waals surface area contributed by atoms with Gasteiger partial charge in [0.15, 0.2) is 0 Å².